The molecular weight excluding hydrogens is 236 g/mol. The van der Waals surface area contributed by atoms with Crippen molar-refractivity contribution in [3.63, 3.8) is 0 Å². The molecule has 0 aromatic heterocycles. The lowest BCUT2D eigenvalue weighted by Crippen LogP contribution is -2.42. The van der Waals surface area contributed by atoms with E-state index in [0.717, 1.165) is 38.5 Å². The van der Waals surface area contributed by atoms with Crippen LogP contribution in [0.15, 0.2) is 24.3 Å². The van der Waals surface area contributed by atoms with Crippen molar-refractivity contribution in [1.29, 1.82) is 0 Å². The Morgan fingerprint density at radius 1 is 1.21 bits per heavy atom. The van der Waals surface area contributed by atoms with Gasteiger partial charge in [-0.15, -0.1) is 0 Å². The Kier molecular flexibility index (Phi) is 5.00. The lowest BCUT2D eigenvalue weighted by Gasteiger charge is -2.37. The quantitative estimate of drug-likeness (QED) is 0.880. The van der Waals surface area contributed by atoms with Crippen LogP contribution in [0.3, 0.4) is 0 Å². The Balaban J connectivity index is 1.99. The van der Waals surface area contributed by atoms with Gasteiger partial charge in [0.1, 0.15) is 0 Å². The summed E-state index contributed by atoms with van der Waals surface area (Å²) in [5.41, 5.74) is 2.01. The zero-order chi connectivity index (χ0) is 13.7. The fraction of sp³-hybridized carbons (Fsp3) is 0.647. The van der Waals surface area contributed by atoms with Gasteiger partial charge in [0.25, 0.3) is 0 Å². The van der Waals surface area contributed by atoms with Crippen LogP contribution in [0.1, 0.15) is 50.7 Å². The Hall–Kier alpha value is -0.860. The molecular formula is C17H26O2. The van der Waals surface area contributed by atoms with E-state index in [1.165, 1.54) is 11.1 Å². The first kappa shape index (κ1) is 14.5. The maximum absolute atomic E-state index is 10.8. The van der Waals surface area contributed by atoms with E-state index < -0.39 is 5.60 Å². The van der Waals surface area contributed by atoms with E-state index in [1.807, 2.05) is 0 Å². The fourth-order valence-electron chi connectivity index (χ4n) is 2.94. The summed E-state index contributed by atoms with van der Waals surface area (Å²) >= 11 is 0. The second-order valence-corrected chi connectivity index (χ2v) is 5.81. The number of benzene rings is 1. The largest absolute Gasteiger partial charge is 0.389 e. The molecule has 1 aromatic rings. The smallest absolute Gasteiger partial charge is 0.0734 e. The predicted octanol–water partition coefficient (Wildman–Crippen LogP) is 3.50. The van der Waals surface area contributed by atoms with Gasteiger partial charge in [-0.05, 0) is 30.4 Å². The van der Waals surface area contributed by atoms with E-state index in [4.69, 9.17) is 4.74 Å². The normalized spacial score (nSPS) is 27.4. The first-order valence-corrected chi connectivity index (χ1v) is 7.57. The third-order valence-electron chi connectivity index (χ3n) is 4.10. The highest BCUT2D eigenvalue weighted by Gasteiger charge is 2.34. The minimum atomic E-state index is -0.578. The van der Waals surface area contributed by atoms with Crippen LogP contribution < -0.4 is 0 Å². The molecule has 0 amide bonds. The second-order valence-electron chi connectivity index (χ2n) is 5.81. The topological polar surface area (TPSA) is 29.5 Å². The van der Waals surface area contributed by atoms with Crippen molar-refractivity contribution in [3.8, 4) is 0 Å². The first-order chi connectivity index (χ1) is 9.15. The molecule has 0 bridgehead atoms. The molecule has 2 unspecified atom stereocenters. The van der Waals surface area contributed by atoms with Gasteiger partial charge in [0, 0.05) is 19.4 Å². The summed E-state index contributed by atoms with van der Waals surface area (Å²) in [6.45, 7) is 5.02. The van der Waals surface area contributed by atoms with Gasteiger partial charge in [-0.3, -0.25) is 0 Å². The van der Waals surface area contributed by atoms with Crippen LogP contribution in [0.4, 0.5) is 0 Å². The standard InChI is InChI=1S/C17H26O2/c1-3-5-16-13-17(18,10-11-19-16)12-15-8-6-14(4-2)7-9-15/h6-9,16,18H,3-5,10-13H2,1-2H3. The molecule has 1 aliphatic rings. The van der Waals surface area contributed by atoms with E-state index in [0.29, 0.717) is 6.61 Å². The van der Waals surface area contributed by atoms with E-state index in [1.54, 1.807) is 0 Å². The molecule has 1 N–H and O–H groups in total. The van der Waals surface area contributed by atoms with Crippen LogP contribution in [0, 0.1) is 0 Å². The number of hydrogen-bond donors (Lipinski definition) is 1. The van der Waals surface area contributed by atoms with Gasteiger partial charge in [0.2, 0.25) is 0 Å². The van der Waals surface area contributed by atoms with Gasteiger partial charge >= 0.3 is 0 Å². The van der Waals surface area contributed by atoms with Crippen LogP contribution in [0.2, 0.25) is 0 Å². The summed E-state index contributed by atoms with van der Waals surface area (Å²) in [5, 5.41) is 10.8. The van der Waals surface area contributed by atoms with Crippen molar-refractivity contribution in [1.82, 2.24) is 0 Å². The van der Waals surface area contributed by atoms with Crippen molar-refractivity contribution < 1.29 is 9.84 Å². The van der Waals surface area contributed by atoms with Crippen molar-refractivity contribution in [3.05, 3.63) is 35.4 Å². The van der Waals surface area contributed by atoms with Crippen LogP contribution in [-0.2, 0) is 17.6 Å². The molecule has 1 aromatic carbocycles. The Bertz CT molecular complexity index is 383. The third kappa shape index (κ3) is 4.05. The molecule has 2 atom stereocenters. The predicted molar refractivity (Wildman–Crippen MR) is 78.4 cm³/mol. The minimum Gasteiger partial charge on any atom is -0.389 e. The number of aryl methyl sites for hydroxylation is 1. The summed E-state index contributed by atoms with van der Waals surface area (Å²) < 4.78 is 5.73. The van der Waals surface area contributed by atoms with Crippen molar-refractivity contribution in [2.45, 2.75) is 64.1 Å². The molecule has 1 fully saturated rings. The molecule has 2 rings (SSSR count). The average molecular weight is 262 g/mol. The molecule has 2 nitrogen and oxygen atoms in total. The molecule has 1 heterocycles. The van der Waals surface area contributed by atoms with Crippen LogP contribution in [0.5, 0.6) is 0 Å². The van der Waals surface area contributed by atoms with E-state index >= 15 is 0 Å². The monoisotopic (exact) mass is 262 g/mol. The lowest BCUT2D eigenvalue weighted by atomic mass is 9.83. The molecule has 106 valence electrons. The van der Waals surface area contributed by atoms with Crippen molar-refractivity contribution >= 4 is 0 Å². The molecule has 2 heteroatoms. The number of hydrogen-bond acceptors (Lipinski definition) is 2. The number of rotatable bonds is 5. The Morgan fingerprint density at radius 2 is 1.89 bits per heavy atom. The highest BCUT2D eigenvalue weighted by Crippen LogP contribution is 2.30. The summed E-state index contributed by atoms with van der Waals surface area (Å²) in [4.78, 5) is 0. The van der Waals surface area contributed by atoms with Gasteiger partial charge in [0.15, 0.2) is 0 Å². The number of aliphatic hydroxyl groups is 1. The van der Waals surface area contributed by atoms with Crippen LogP contribution in [0.25, 0.3) is 0 Å². The maximum Gasteiger partial charge on any atom is 0.0734 e. The summed E-state index contributed by atoms with van der Waals surface area (Å²) in [7, 11) is 0. The van der Waals surface area contributed by atoms with E-state index in [9.17, 15) is 5.11 Å². The van der Waals surface area contributed by atoms with E-state index in [2.05, 4.69) is 38.1 Å². The lowest BCUT2D eigenvalue weighted by molar-refractivity contribution is -0.104. The summed E-state index contributed by atoms with van der Waals surface area (Å²) in [6, 6.07) is 8.64. The van der Waals surface area contributed by atoms with Gasteiger partial charge in [0.05, 0.1) is 11.7 Å². The van der Waals surface area contributed by atoms with Crippen LogP contribution in [-0.4, -0.2) is 23.4 Å². The van der Waals surface area contributed by atoms with E-state index in [-0.39, 0.29) is 6.10 Å². The molecule has 0 radical (unpaired) electrons. The zero-order valence-corrected chi connectivity index (χ0v) is 12.2. The van der Waals surface area contributed by atoms with Crippen LogP contribution >= 0.6 is 0 Å². The SMILES string of the molecule is CCCC1CC(O)(Cc2ccc(CC)cc2)CCO1. The average Bonchev–Trinajstić information content (AvgIpc) is 2.39. The Morgan fingerprint density at radius 3 is 2.53 bits per heavy atom. The zero-order valence-electron chi connectivity index (χ0n) is 12.2. The molecule has 1 saturated heterocycles. The second kappa shape index (κ2) is 6.53. The molecule has 1 aliphatic heterocycles. The summed E-state index contributed by atoms with van der Waals surface area (Å²) in [6.07, 6.45) is 5.75. The third-order valence-corrected chi connectivity index (χ3v) is 4.10. The molecule has 0 aliphatic carbocycles. The molecule has 0 spiro atoms. The first-order valence-electron chi connectivity index (χ1n) is 7.57. The van der Waals surface area contributed by atoms with Gasteiger partial charge in [-0.25, -0.2) is 0 Å². The molecule has 0 saturated carbocycles. The van der Waals surface area contributed by atoms with Gasteiger partial charge in [-0.1, -0.05) is 44.5 Å². The van der Waals surface area contributed by atoms with Crippen molar-refractivity contribution in [2.75, 3.05) is 6.61 Å². The molecule has 19 heavy (non-hydrogen) atoms. The Labute approximate surface area is 116 Å². The maximum atomic E-state index is 10.8. The van der Waals surface area contributed by atoms with Gasteiger partial charge in [-0.2, -0.15) is 0 Å². The number of ether oxygens (including phenoxy) is 1. The van der Waals surface area contributed by atoms with Crippen molar-refractivity contribution in [2.24, 2.45) is 0 Å². The summed E-state index contributed by atoms with van der Waals surface area (Å²) in [5.74, 6) is 0. The van der Waals surface area contributed by atoms with Gasteiger partial charge < -0.3 is 9.84 Å². The highest BCUT2D eigenvalue weighted by molar-refractivity contribution is 5.24. The fourth-order valence-corrected chi connectivity index (χ4v) is 2.94. The minimum absolute atomic E-state index is 0.235. The highest BCUT2D eigenvalue weighted by atomic mass is 16.5.